The number of likely N-dealkylation sites (tertiary alicyclic amines) is 1. The second kappa shape index (κ2) is 14.9. The van der Waals surface area contributed by atoms with Crippen LogP contribution in [0.2, 0.25) is 0 Å². The van der Waals surface area contributed by atoms with E-state index in [-0.39, 0.29) is 29.6 Å². The van der Waals surface area contributed by atoms with Crippen molar-refractivity contribution in [2.24, 2.45) is 17.3 Å². The Morgan fingerprint density at radius 3 is 2.38 bits per heavy atom. The molecule has 5 amide bonds. The monoisotopic (exact) mass is 652 g/mol. The molecule has 5 N–H and O–H groups in total. The molecule has 0 bridgehead atoms. The molecule has 47 heavy (non-hydrogen) atoms. The van der Waals surface area contributed by atoms with Crippen LogP contribution in [0.25, 0.3) is 0 Å². The first kappa shape index (κ1) is 34.4. The number of Topliss-reactive ketones (excluding diaryl/α,β-unsaturated/α-hetero) is 1. The van der Waals surface area contributed by atoms with Gasteiger partial charge in [0.15, 0.2) is 0 Å². The first-order valence-electron chi connectivity index (χ1n) is 16.9. The molecule has 256 valence electrons. The summed E-state index contributed by atoms with van der Waals surface area (Å²) >= 11 is 0. The number of nitrogens with zero attached hydrogens (tertiary/aromatic N) is 3. The quantitative estimate of drug-likeness (QED) is 0.197. The van der Waals surface area contributed by atoms with Crippen LogP contribution in [0.4, 0.5) is 0 Å². The van der Waals surface area contributed by atoms with Gasteiger partial charge in [-0.25, -0.2) is 4.98 Å². The van der Waals surface area contributed by atoms with Crippen molar-refractivity contribution < 1.29 is 28.8 Å². The summed E-state index contributed by atoms with van der Waals surface area (Å²) in [6.07, 6.45) is 12.2. The Kier molecular flexibility index (Phi) is 10.9. The first-order valence-corrected chi connectivity index (χ1v) is 16.9. The van der Waals surface area contributed by atoms with Gasteiger partial charge >= 0.3 is 0 Å². The van der Waals surface area contributed by atoms with Crippen LogP contribution in [0.5, 0.6) is 0 Å². The largest absolute Gasteiger partial charge is 0.347 e. The Labute approximate surface area is 275 Å². The molecule has 4 aliphatic rings. The average Bonchev–Trinajstić information content (AvgIpc) is 3.62. The minimum atomic E-state index is -1.02. The molecule has 0 spiro atoms. The number of fused-ring (bicyclic) bond motifs is 1. The van der Waals surface area contributed by atoms with Crippen molar-refractivity contribution in [3.05, 3.63) is 24.3 Å². The standard InChI is InChI=1S/C33H48N8O6/c1-33(2,3)27(40-28(43)22(15-19-7-5-4-6-8-19)39-29(44)23-16-34-13-14-35-23)32(47)41-18-20-11-12-36-25(20)26(41)31(46)37-17-24(42)30(45)38-21-9-10-21/h13-14,16,19-22,25-27,36H,4-12,15,17-18H2,1-3H3,(H,37,46)(H,38,45)(H,39,44)(H,40,43)/t20-,22-,25-,26-,27+/m0/s1. The lowest BCUT2D eigenvalue weighted by atomic mass is 9.83. The highest BCUT2D eigenvalue weighted by Crippen LogP contribution is 2.33. The van der Waals surface area contributed by atoms with Crippen LogP contribution in [0, 0.1) is 17.3 Å². The number of hydrogen-bond acceptors (Lipinski definition) is 9. The Morgan fingerprint density at radius 2 is 1.72 bits per heavy atom. The lowest BCUT2D eigenvalue weighted by Crippen LogP contribution is -2.62. The summed E-state index contributed by atoms with van der Waals surface area (Å²) in [6, 6.07) is -3.16. The van der Waals surface area contributed by atoms with Gasteiger partial charge in [-0.2, -0.15) is 0 Å². The minimum Gasteiger partial charge on any atom is -0.347 e. The number of aromatic nitrogens is 2. The lowest BCUT2D eigenvalue weighted by Gasteiger charge is -2.37. The molecule has 2 aliphatic heterocycles. The van der Waals surface area contributed by atoms with Gasteiger partial charge in [0.25, 0.3) is 11.8 Å². The van der Waals surface area contributed by atoms with Gasteiger partial charge in [-0.1, -0.05) is 52.9 Å². The zero-order valence-corrected chi connectivity index (χ0v) is 27.5. The maximum absolute atomic E-state index is 14.4. The third-order valence-corrected chi connectivity index (χ3v) is 9.76. The molecule has 2 saturated carbocycles. The molecule has 1 aromatic rings. The Hall–Kier alpha value is -3.94. The molecule has 0 aromatic carbocycles. The van der Waals surface area contributed by atoms with E-state index in [1.807, 2.05) is 20.8 Å². The first-order chi connectivity index (χ1) is 22.4. The molecular formula is C33H48N8O6. The van der Waals surface area contributed by atoms with E-state index in [0.717, 1.165) is 51.4 Å². The predicted octanol–water partition coefficient (Wildman–Crippen LogP) is 0.229. The zero-order chi connectivity index (χ0) is 33.7. The van der Waals surface area contributed by atoms with Crippen molar-refractivity contribution in [3.8, 4) is 0 Å². The predicted molar refractivity (Wildman–Crippen MR) is 170 cm³/mol. The molecule has 14 nitrogen and oxygen atoms in total. The van der Waals surface area contributed by atoms with Gasteiger partial charge in [0.1, 0.15) is 23.8 Å². The van der Waals surface area contributed by atoms with Gasteiger partial charge in [-0.05, 0) is 49.5 Å². The fraction of sp³-hybridized carbons (Fsp3) is 0.697. The van der Waals surface area contributed by atoms with Crippen molar-refractivity contribution in [2.75, 3.05) is 19.6 Å². The summed E-state index contributed by atoms with van der Waals surface area (Å²) < 4.78 is 0. The van der Waals surface area contributed by atoms with Crippen molar-refractivity contribution in [3.63, 3.8) is 0 Å². The van der Waals surface area contributed by atoms with E-state index in [4.69, 9.17) is 0 Å². The van der Waals surface area contributed by atoms with E-state index in [0.29, 0.717) is 19.5 Å². The van der Waals surface area contributed by atoms with Crippen molar-refractivity contribution in [1.82, 2.24) is 41.5 Å². The normalized spacial score (nSPS) is 24.1. The highest BCUT2D eigenvalue weighted by atomic mass is 16.2. The summed E-state index contributed by atoms with van der Waals surface area (Å²) in [7, 11) is 0. The highest BCUT2D eigenvalue weighted by molar-refractivity contribution is 6.37. The van der Waals surface area contributed by atoms with Crippen molar-refractivity contribution in [1.29, 1.82) is 0 Å². The van der Waals surface area contributed by atoms with Crippen molar-refractivity contribution in [2.45, 2.75) is 109 Å². The zero-order valence-electron chi connectivity index (χ0n) is 27.5. The molecular weight excluding hydrogens is 604 g/mol. The maximum atomic E-state index is 14.4. The fourth-order valence-corrected chi connectivity index (χ4v) is 6.99. The van der Waals surface area contributed by atoms with E-state index in [2.05, 4.69) is 36.6 Å². The van der Waals surface area contributed by atoms with E-state index in [9.17, 15) is 28.8 Å². The molecule has 0 radical (unpaired) electrons. The summed E-state index contributed by atoms with van der Waals surface area (Å²) in [6.45, 7) is 6.04. The molecule has 14 heteroatoms. The molecule has 5 rings (SSSR count). The van der Waals surface area contributed by atoms with Gasteiger partial charge in [0.2, 0.25) is 23.5 Å². The Morgan fingerprint density at radius 1 is 0.979 bits per heavy atom. The van der Waals surface area contributed by atoms with E-state index in [1.54, 1.807) is 0 Å². The van der Waals surface area contributed by atoms with Crippen LogP contribution in [0.1, 0.15) is 89.0 Å². The number of hydrogen-bond donors (Lipinski definition) is 5. The summed E-state index contributed by atoms with van der Waals surface area (Å²) in [4.78, 5) is 89.1. The van der Waals surface area contributed by atoms with Crippen LogP contribution in [-0.2, 0) is 24.0 Å². The van der Waals surface area contributed by atoms with E-state index < -0.39 is 65.4 Å². The number of amides is 5. The van der Waals surface area contributed by atoms with E-state index in [1.165, 1.54) is 23.5 Å². The number of rotatable bonds is 12. The lowest BCUT2D eigenvalue weighted by molar-refractivity contribution is -0.145. The summed E-state index contributed by atoms with van der Waals surface area (Å²) in [5.41, 5.74) is -0.661. The van der Waals surface area contributed by atoms with Gasteiger partial charge in [-0.15, -0.1) is 0 Å². The number of nitrogens with one attached hydrogen (secondary N) is 5. The van der Waals surface area contributed by atoms with Crippen molar-refractivity contribution >= 4 is 35.3 Å². The highest BCUT2D eigenvalue weighted by Gasteiger charge is 2.52. The van der Waals surface area contributed by atoms with Gasteiger partial charge in [-0.3, -0.25) is 33.8 Å². The van der Waals surface area contributed by atoms with Crippen LogP contribution in [0.3, 0.4) is 0 Å². The van der Waals surface area contributed by atoms with Gasteiger partial charge < -0.3 is 31.5 Å². The number of ketones is 1. The van der Waals surface area contributed by atoms with E-state index >= 15 is 0 Å². The van der Waals surface area contributed by atoms with Crippen LogP contribution >= 0.6 is 0 Å². The van der Waals surface area contributed by atoms with Gasteiger partial charge in [0, 0.05) is 31.0 Å². The Bertz CT molecular complexity index is 1340. The molecule has 3 heterocycles. The van der Waals surface area contributed by atoms with Crippen LogP contribution in [0.15, 0.2) is 18.6 Å². The average molecular weight is 653 g/mol. The molecule has 4 fully saturated rings. The second-order valence-electron chi connectivity index (χ2n) is 14.5. The molecule has 5 atom stereocenters. The van der Waals surface area contributed by atoms with Crippen LogP contribution < -0.4 is 26.6 Å². The third kappa shape index (κ3) is 8.70. The Balaban J connectivity index is 1.31. The summed E-state index contributed by atoms with van der Waals surface area (Å²) in [5, 5.41) is 14.3. The summed E-state index contributed by atoms with van der Waals surface area (Å²) in [5.74, 6) is -3.16. The molecule has 0 unspecified atom stereocenters. The smallest absolute Gasteiger partial charge is 0.289 e. The maximum Gasteiger partial charge on any atom is 0.289 e. The second-order valence-corrected chi connectivity index (χ2v) is 14.5. The van der Waals surface area contributed by atoms with Crippen LogP contribution in [-0.4, -0.2) is 100 Å². The SMILES string of the molecule is CC(C)(C)[C@H](NC(=O)[C@H](CC1CCCCC1)NC(=O)c1cnccn1)C(=O)N1C[C@@H]2CCN[C@@H]2[C@H]1C(=O)NCC(=O)C(=O)NC1CC1. The molecule has 2 aliphatic carbocycles. The fourth-order valence-electron chi connectivity index (χ4n) is 6.99. The number of carbonyl (C=O) groups excluding carboxylic acids is 6. The third-order valence-electron chi connectivity index (χ3n) is 9.76. The topological polar surface area (TPSA) is 192 Å². The minimum absolute atomic E-state index is 0.0145. The molecule has 2 saturated heterocycles. The molecule has 1 aromatic heterocycles. The number of carbonyl (C=O) groups is 6. The van der Waals surface area contributed by atoms with Gasteiger partial charge in [0.05, 0.1) is 12.7 Å².